The Morgan fingerprint density at radius 2 is 1.04 bits per heavy atom. The van der Waals surface area contributed by atoms with Crippen molar-refractivity contribution in [1.29, 1.82) is 0 Å². The molecule has 4 aliphatic carbocycles. The standard InChI is InChI=1S/C24H42/c1-3-11-20(12-4-1)23-18-17-22(16-15-19-9-7-8-10-19)24(23)21-13-5-2-6-14-21/h19-24H,1-18H2. The third-order valence-corrected chi connectivity index (χ3v) is 8.78. The van der Waals surface area contributed by atoms with Crippen LogP contribution in [0.1, 0.15) is 116 Å². The summed E-state index contributed by atoms with van der Waals surface area (Å²) in [5.41, 5.74) is 0. The van der Waals surface area contributed by atoms with Gasteiger partial charge in [-0.05, 0) is 54.8 Å². The van der Waals surface area contributed by atoms with Crippen LogP contribution in [0, 0.1) is 35.5 Å². The first-order valence-electron chi connectivity index (χ1n) is 11.9. The van der Waals surface area contributed by atoms with E-state index >= 15 is 0 Å². The highest BCUT2D eigenvalue weighted by Gasteiger charge is 2.44. The van der Waals surface area contributed by atoms with E-state index in [1.54, 1.807) is 89.9 Å². The fraction of sp³-hybridized carbons (Fsp3) is 1.00. The number of rotatable bonds is 5. The monoisotopic (exact) mass is 330 g/mol. The molecule has 24 heavy (non-hydrogen) atoms. The highest BCUT2D eigenvalue weighted by Crippen LogP contribution is 2.53. The van der Waals surface area contributed by atoms with Crippen molar-refractivity contribution in [3.63, 3.8) is 0 Å². The van der Waals surface area contributed by atoms with Crippen LogP contribution in [0.3, 0.4) is 0 Å². The Balaban J connectivity index is 1.41. The second kappa shape index (κ2) is 8.59. The van der Waals surface area contributed by atoms with Crippen molar-refractivity contribution in [2.24, 2.45) is 35.5 Å². The topological polar surface area (TPSA) is 0 Å². The van der Waals surface area contributed by atoms with Gasteiger partial charge in [0.2, 0.25) is 0 Å². The van der Waals surface area contributed by atoms with Crippen LogP contribution in [-0.4, -0.2) is 0 Å². The summed E-state index contributed by atoms with van der Waals surface area (Å²) in [5, 5.41) is 0. The molecule has 0 radical (unpaired) electrons. The quantitative estimate of drug-likeness (QED) is 0.483. The Morgan fingerprint density at radius 1 is 0.458 bits per heavy atom. The highest BCUT2D eigenvalue weighted by molar-refractivity contribution is 4.93. The van der Waals surface area contributed by atoms with Crippen molar-refractivity contribution >= 4 is 0 Å². The molecule has 0 aliphatic heterocycles. The van der Waals surface area contributed by atoms with Gasteiger partial charge in [0.1, 0.15) is 0 Å². The van der Waals surface area contributed by atoms with Crippen molar-refractivity contribution < 1.29 is 0 Å². The fourth-order valence-electron chi connectivity index (χ4n) is 7.59. The molecule has 3 unspecified atom stereocenters. The molecule has 4 fully saturated rings. The lowest BCUT2D eigenvalue weighted by atomic mass is 9.66. The average Bonchev–Trinajstić information content (AvgIpc) is 3.31. The minimum atomic E-state index is 1.12. The molecular weight excluding hydrogens is 288 g/mol. The van der Waals surface area contributed by atoms with E-state index in [4.69, 9.17) is 0 Å². The Morgan fingerprint density at radius 3 is 1.71 bits per heavy atom. The summed E-state index contributed by atoms with van der Waals surface area (Å²) in [7, 11) is 0. The molecule has 0 bridgehead atoms. The normalized spacial score (nSPS) is 37.2. The predicted molar refractivity (Wildman–Crippen MR) is 104 cm³/mol. The van der Waals surface area contributed by atoms with E-state index in [1.165, 1.54) is 25.7 Å². The van der Waals surface area contributed by atoms with Crippen molar-refractivity contribution in [3.05, 3.63) is 0 Å². The van der Waals surface area contributed by atoms with Crippen LogP contribution >= 0.6 is 0 Å². The zero-order valence-corrected chi connectivity index (χ0v) is 16.2. The van der Waals surface area contributed by atoms with Crippen LogP contribution in [0.4, 0.5) is 0 Å². The second-order valence-electron chi connectivity index (χ2n) is 10.1. The average molecular weight is 331 g/mol. The zero-order valence-electron chi connectivity index (χ0n) is 16.2. The van der Waals surface area contributed by atoms with Gasteiger partial charge in [0.15, 0.2) is 0 Å². The van der Waals surface area contributed by atoms with Crippen molar-refractivity contribution in [3.8, 4) is 0 Å². The summed E-state index contributed by atoms with van der Waals surface area (Å²) < 4.78 is 0. The molecule has 0 N–H and O–H groups in total. The van der Waals surface area contributed by atoms with Crippen molar-refractivity contribution in [2.45, 2.75) is 116 Å². The first-order valence-corrected chi connectivity index (χ1v) is 11.9. The Kier molecular flexibility index (Phi) is 6.23. The van der Waals surface area contributed by atoms with Crippen LogP contribution < -0.4 is 0 Å². The second-order valence-corrected chi connectivity index (χ2v) is 10.1. The van der Waals surface area contributed by atoms with Gasteiger partial charge in [-0.25, -0.2) is 0 Å². The zero-order chi connectivity index (χ0) is 16.2. The van der Waals surface area contributed by atoms with Crippen molar-refractivity contribution in [2.75, 3.05) is 0 Å². The van der Waals surface area contributed by atoms with Crippen LogP contribution in [0.25, 0.3) is 0 Å². The van der Waals surface area contributed by atoms with Crippen LogP contribution in [0.2, 0.25) is 0 Å². The van der Waals surface area contributed by atoms with E-state index in [0.29, 0.717) is 0 Å². The smallest absolute Gasteiger partial charge is 0.0326 e. The highest BCUT2D eigenvalue weighted by atomic mass is 14.5. The molecule has 0 saturated heterocycles. The van der Waals surface area contributed by atoms with Crippen LogP contribution in [0.5, 0.6) is 0 Å². The lowest BCUT2D eigenvalue weighted by molar-refractivity contribution is 0.0995. The minimum absolute atomic E-state index is 1.12. The first-order chi connectivity index (χ1) is 11.9. The van der Waals surface area contributed by atoms with Crippen LogP contribution in [-0.2, 0) is 0 Å². The molecule has 0 aromatic heterocycles. The van der Waals surface area contributed by atoms with E-state index in [9.17, 15) is 0 Å². The maximum atomic E-state index is 1.61. The molecule has 0 spiro atoms. The van der Waals surface area contributed by atoms with Gasteiger partial charge in [0, 0.05) is 0 Å². The van der Waals surface area contributed by atoms with Gasteiger partial charge in [0.25, 0.3) is 0 Å². The van der Waals surface area contributed by atoms with Gasteiger partial charge >= 0.3 is 0 Å². The maximum absolute atomic E-state index is 1.61. The van der Waals surface area contributed by atoms with Gasteiger partial charge in [-0.2, -0.15) is 0 Å². The van der Waals surface area contributed by atoms with E-state index in [0.717, 1.165) is 35.5 Å². The van der Waals surface area contributed by atoms with Crippen molar-refractivity contribution in [1.82, 2.24) is 0 Å². The van der Waals surface area contributed by atoms with Gasteiger partial charge in [-0.1, -0.05) is 96.3 Å². The molecule has 4 aliphatic rings. The third kappa shape index (κ3) is 4.04. The molecular formula is C24H42. The van der Waals surface area contributed by atoms with E-state index in [2.05, 4.69) is 0 Å². The molecule has 0 aromatic carbocycles. The predicted octanol–water partition coefficient (Wildman–Crippen LogP) is 7.76. The molecule has 4 rings (SSSR count). The van der Waals surface area contributed by atoms with Crippen LogP contribution in [0.15, 0.2) is 0 Å². The molecule has 0 amide bonds. The molecule has 0 heteroatoms. The molecule has 4 saturated carbocycles. The summed E-state index contributed by atoms with van der Waals surface area (Å²) in [4.78, 5) is 0. The van der Waals surface area contributed by atoms with E-state index < -0.39 is 0 Å². The van der Waals surface area contributed by atoms with Gasteiger partial charge in [0.05, 0.1) is 0 Å². The van der Waals surface area contributed by atoms with Gasteiger partial charge in [-0.15, -0.1) is 0 Å². The lowest BCUT2D eigenvalue weighted by Crippen LogP contribution is -2.31. The number of hydrogen-bond acceptors (Lipinski definition) is 0. The first kappa shape index (κ1) is 17.4. The summed E-state index contributed by atoms with van der Waals surface area (Å²) >= 11 is 0. The third-order valence-electron chi connectivity index (χ3n) is 8.78. The fourth-order valence-corrected chi connectivity index (χ4v) is 7.59. The van der Waals surface area contributed by atoms with Gasteiger partial charge in [-0.3, -0.25) is 0 Å². The molecule has 0 nitrogen and oxygen atoms in total. The summed E-state index contributed by atoms with van der Waals surface area (Å²) in [6, 6.07) is 0. The Labute approximate surface area is 151 Å². The minimum Gasteiger partial charge on any atom is -0.0533 e. The van der Waals surface area contributed by atoms with E-state index in [1.807, 2.05) is 0 Å². The SMILES string of the molecule is C1CCC(C2CCC(CCC3CCCC3)C2C2CCCCC2)CC1. The molecule has 138 valence electrons. The number of hydrogen-bond donors (Lipinski definition) is 0. The molecule has 3 atom stereocenters. The molecule has 0 heterocycles. The molecule has 0 aromatic rings. The summed E-state index contributed by atoms with van der Waals surface area (Å²) in [6.07, 6.45) is 28.2. The van der Waals surface area contributed by atoms with Gasteiger partial charge < -0.3 is 0 Å². The Hall–Kier alpha value is 0. The van der Waals surface area contributed by atoms with E-state index in [-0.39, 0.29) is 0 Å². The largest absolute Gasteiger partial charge is 0.0533 e. The maximum Gasteiger partial charge on any atom is -0.0326 e. The lowest BCUT2D eigenvalue weighted by Gasteiger charge is -2.40. The Bertz CT molecular complexity index is 354. The summed E-state index contributed by atoms with van der Waals surface area (Å²) in [5.74, 6) is 6.78. The summed E-state index contributed by atoms with van der Waals surface area (Å²) in [6.45, 7) is 0.